The van der Waals surface area contributed by atoms with Gasteiger partial charge in [-0.1, -0.05) is 0 Å². The Morgan fingerprint density at radius 2 is 2.07 bits per heavy atom. The molecule has 160 valence electrons. The highest BCUT2D eigenvalue weighted by Gasteiger charge is 2.22. The van der Waals surface area contributed by atoms with Crippen molar-refractivity contribution in [1.29, 1.82) is 0 Å². The van der Waals surface area contributed by atoms with E-state index in [1.54, 1.807) is 7.11 Å². The summed E-state index contributed by atoms with van der Waals surface area (Å²) in [4.78, 5) is 11.9. The molecule has 1 saturated heterocycles. The van der Waals surface area contributed by atoms with Crippen molar-refractivity contribution in [3.63, 3.8) is 0 Å². The van der Waals surface area contributed by atoms with E-state index in [1.807, 2.05) is 11.6 Å². The van der Waals surface area contributed by atoms with Crippen molar-refractivity contribution in [1.82, 2.24) is 30.3 Å². The summed E-state index contributed by atoms with van der Waals surface area (Å²) in [5.74, 6) is 3.58. The van der Waals surface area contributed by atoms with Crippen LogP contribution in [0.2, 0.25) is 0 Å². The number of hydrogen-bond acceptors (Lipinski definition) is 5. The molecule has 2 N–H and O–H groups in total. The van der Waals surface area contributed by atoms with Gasteiger partial charge in [-0.05, 0) is 52.1 Å². The summed E-state index contributed by atoms with van der Waals surface area (Å²) in [7, 11) is 1.77. The number of nitrogens with zero attached hydrogens (tertiary/aromatic N) is 5. The van der Waals surface area contributed by atoms with Crippen LogP contribution in [0.15, 0.2) is 4.99 Å². The zero-order chi connectivity index (χ0) is 19.1. The smallest absolute Gasteiger partial charge is 0.191 e. The van der Waals surface area contributed by atoms with Gasteiger partial charge >= 0.3 is 0 Å². The number of hydrogen-bond donors (Lipinski definition) is 2. The number of likely N-dealkylation sites (tertiary alicyclic amines) is 1. The number of rotatable bonds is 7. The van der Waals surface area contributed by atoms with Gasteiger partial charge < -0.3 is 20.3 Å². The average Bonchev–Trinajstić information content (AvgIpc) is 3.05. The molecule has 0 spiro atoms. The second kappa shape index (κ2) is 11.9. The van der Waals surface area contributed by atoms with Crippen LogP contribution in [0.4, 0.5) is 0 Å². The predicted molar refractivity (Wildman–Crippen MR) is 122 cm³/mol. The number of aryl methyl sites for hydroxylation is 2. The van der Waals surface area contributed by atoms with Gasteiger partial charge in [0.2, 0.25) is 0 Å². The first-order valence-electron chi connectivity index (χ1n) is 10.3. The van der Waals surface area contributed by atoms with E-state index in [4.69, 9.17) is 9.73 Å². The number of methoxy groups -OCH3 is 1. The van der Waals surface area contributed by atoms with Crippen molar-refractivity contribution in [3.05, 3.63) is 11.6 Å². The molecule has 0 radical (unpaired) electrons. The fourth-order valence-corrected chi connectivity index (χ4v) is 3.90. The Morgan fingerprint density at radius 1 is 1.29 bits per heavy atom. The molecule has 28 heavy (non-hydrogen) atoms. The molecule has 1 fully saturated rings. The fourth-order valence-electron chi connectivity index (χ4n) is 3.90. The lowest BCUT2D eigenvalue weighted by Gasteiger charge is -2.31. The van der Waals surface area contributed by atoms with Gasteiger partial charge in [0.05, 0.1) is 13.2 Å². The molecule has 1 aromatic rings. The molecule has 3 rings (SSSR count). The van der Waals surface area contributed by atoms with Gasteiger partial charge in [0.25, 0.3) is 0 Å². The van der Waals surface area contributed by atoms with Crippen LogP contribution in [-0.2, 0) is 17.7 Å². The number of aliphatic imine (C=N–C) groups is 1. The van der Waals surface area contributed by atoms with Crippen LogP contribution >= 0.6 is 24.0 Å². The minimum atomic E-state index is 0. The summed E-state index contributed by atoms with van der Waals surface area (Å²) in [6.07, 6.45) is 4.48. The van der Waals surface area contributed by atoms with Crippen LogP contribution in [0.3, 0.4) is 0 Å². The Hall–Kier alpha value is -0.940. The van der Waals surface area contributed by atoms with E-state index in [0.29, 0.717) is 12.0 Å². The Morgan fingerprint density at radius 3 is 2.79 bits per heavy atom. The van der Waals surface area contributed by atoms with E-state index in [2.05, 4.69) is 32.5 Å². The molecule has 9 heteroatoms. The Kier molecular flexibility index (Phi) is 9.93. The van der Waals surface area contributed by atoms with Crippen molar-refractivity contribution in [2.75, 3.05) is 46.4 Å². The summed E-state index contributed by atoms with van der Waals surface area (Å²) >= 11 is 0. The van der Waals surface area contributed by atoms with Crippen LogP contribution in [-0.4, -0.2) is 78.1 Å². The maximum Gasteiger partial charge on any atom is 0.191 e. The first-order valence-corrected chi connectivity index (χ1v) is 10.3. The van der Waals surface area contributed by atoms with Crippen molar-refractivity contribution in [2.24, 2.45) is 10.9 Å². The van der Waals surface area contributed by atoms with Gasteiger partial charge in [0, 0.05) is 39.2 Å². The lowest BCUT2D eigenvalue weighted by molar-refractivity contribution is 0.121. The third-order valence-electron chi connectivity index (χ3n) is 5.48. The second-order valence-corrected chi connectivity index (χ2v) is 7.63. The summed E-state index contributed by atoms with van der Waals surface area (Å²) in [5.41, 5.74) is 0. The highest BCUT2D eigenvalue weighted by Crippen LogP contribution is 2.17. The van der Waals surface area contributed by atoms with Gasteiger partial charge in [0.1, 0.15) is 11.6 Å². The van der Waals surface area contributed by atoms with Crippen molar-refractivity contribution >= 4 is 29.9 Å². The Bertz CT molecular complexity index is 613. The number of piperidine rings is 1. The van der Waals surface area contributed by atoms with E-state index in [0.717, 1.165) is 76.3 Å². The molecule has 0 saturated carbocycles. The predicted octanol–water partition coefficient (Wildman–Crippen LogP) is 1.43. The molecule has 2 aliphatic rings. The summed E-state index contributed by atoms with van der Waals surface area (Å²) in [6, 6.07) is 0.354. The van der Waals surface area contributed by atoms with Crippen LogP contribution in [0.1, 0.15) is 37.8 Å². The van der Waals surface area contributed by atoms with Crippen molar-refractivity contribution in [2.45, 2.75) is 52.1 Å². The molecule has 0 aliphatic carbocycles. The number of guanidine groups is 1. The SMILES string of the molecule is CCNC(=NCC1CCN(CCOC)CC1)NC1CCc2nc(C)nn2C1.I. The molecule has 3 heterocycles. The van der Waals surface area contributed by atoms with Gasteiger partial charge in [0.15, 0.2) is 5.96 Å². The molecule has 1 atom stereocenters. The average molecular weight is 505 g/mol. The Balaban J connectivity index is 0.00000280. The quantitative estimate of drug-likeness (QED) is 0.332. The van der Waals surface area contributed by atoms with Crippen molar-refractivity contribution in [3.8, 4) is 0 Å². The number of halogens is 1. The normalized spacial score (nSPS) is 21.1. The summed E-state index contributed by atoms with van der Waals surface area (Å²) in [6.45, 7) is 10.9. The van der Waals surface area contributed by atoms with Crippen LogP contribution < -0.4 is 10.6 Å². The number of aromatic nitrogens is 3. The zero-order valence-corrected chi connectivity index (χ0v) is 19.8. The van der Waals surface area contributed by atoms with Gasteiger partial charge in [-0.15, -0.1) is 24.0 Å². The van der Waals surface area contributed by atoms with Crippen LogP contribution in [0, 0.1) is 12.8 Å². The standard InChI is InChI=1S/C19H35N7O.HI/c1-4-20-19(21-13-16-7-9-25(10-8-16)11-12-27-3)23-17-5-6-18-22-15(2)24-26(18)14-17;/h16-17H,4-14H2,1-3H3,(H2,20,21,23);1H. The van der Waals surface area contributed by atoms with Crippen LogP contribution in [0.5, 0.6) is 0 Å². The van der Waals surface area contributed by atoms with E-state index >= 15 is 0 Å². The Labute approximate surface area is 185 Å². The number of fused-ring (bicyclic) bond motifs is 1. The zero-order valence-electron chi connectivity index (χ0n) is 17.5. The minimum absolute atomic E-state index is 0. The van der Waals surface area contributed by atoms with Gasteiger partial charge in [-0.25, -0.2) is 9.67 Å². The third kappa shape index (κ3) is 6.84. The molecule has 0 aromatic carbocycles. The van der Waals surface area contributed by atoms with Crippen molar-refractivity contribution < 1.29 is 4.74 Å². The minimum Gasteiger partial charge on any atom is -0.383 e. The monoisotopic (exact) mass is 505 g/mol. The highest BCUT2D eigenvalue weighted by molar-refractivity contribution is 14.0. The third-order valence-corrected chi connectivity index (χ3v) is 5.48. The van der Waals surface area contributed by atoms with Crippen LogP contribution in [0.25, 0.3) is 0 Å². The molecule has 1 aromatic heterocycles. The molecular weight excluding hydrogens is 469 g/mol. The van der Waals surface area contributed by atoms with E-state index in [1.165, 1.54) is 12.8 Å². The molecule has 0 amide bonds. The first kappa shape index (κ1) is 23.3. The lowest BCUT2D eigenvalue weighted by atomic mass is 9.97. The molecular formula is C19H36IN7O. The van der Waals surface area contributed by atoms with Gasteiger partial charge in [-0.2, -0.15) is 5.10 Å². The van der Waals surface area contributed by atoms with Gasteiger partial charge in [-0.3, -0.25) is 4.99 Å². The summed E-state index contributed by atoms with van der Waals surface area (Å²) in [5, 5.41) is 11.5. The lowest BCUT2D eigenvalue weighted by Crippen LogP contribution is -2.47. The van der Waals surface area contributed by atoms with E-state index in [9.17, 15) is 0 Å². The topological polar surface area (TPSA) is 79.6 Å². The fraction of sp³-hybridized carbons (Fsp3) is 0.842. The van der Waals surface area contributed by atoms with E-state index in [-0.39, 0.29) is 24.0 Å². The maximum atomic E-state index is 5.18. The van der Waals surface area contributed by atoms with E-state index < -0.39 is 0 Å². The number of nitrogens with one attached hydrogen (secondary N) is 2. The molecule has 2 aliphatic heterocycles. The maximum absolute atomic E-state index is 5.18. The molecule has 8 nitrogen and oxygen atoms in total. The second-order valence-electron chi connectivity index (χ2n) is 7.63. The first-order chi connectivity index (χ1) is 13.2. The summed E-state index contributed by atoms with van der Waals surface area (Å²) < 4.78 is 7.22. The number of ether oxygens (including phenoxy) is 1. The molecule has 0 bridgehead atoms. The highest BCUT2D eigenvalue weighted by atomic mass is 127. The molecule has 1 unspecified atom stereocenters. The largest absolute Gasteiger partial charge is 0.383 e.